The Kier molecular flexibility index (Phi) is 8.02. The first-order valence-corrected chi connectivity index (χ1v) is 10.3. The molecule has 1 fully saturated rings. The molecule has 6 nitrogen and oxygen atoms in total. The van der Waals surface area contributed by atoms with Crippen molar-refractivity contribution >= 4 is 28.9 Å². The van der Waals surface area contributed by atoms with Crippen LogP contribution in [0.3, 0.4) is 0 Å². The molecule has 0 bridgehead atoms. The second kappa shape index (κ2) is 10.9. The molecule has 7 heteroatoms. The summed E-state index contributed by atoms with van der Waals surface area (Å²) in [5, 5.41) is 3.58. The molecule has 1 aliphatic rings. The Morgan fingerprint density at radius 3 is 2.59 bits per heavy atom. The zero-order valence-electron chi connectivity index (χ0n) is 16.7. The van der Waals surface area contributed by atoms with Crippen LogP contribution in [0.2, 0.25) is 5.02 Å². The van der Waals surface area contributed by atoms with E-state index in [1.807, 2.05) is 43.3 Å². The molecule has 1 amide bonds. The molecule has 2 aromatic carbocycles. The number of nitrogens with zero attached hydrogens (tertiary/aromatic N) is 1. The van der Waals surface area contributed by atoms with Gasteiger partial charge in [-0.2, -0.15) is 0 Å². The lowest BCUT2D eigenvalue weighted by molar-refractivity contribution is -0.116. The van der Waals surface area contributed by atoms with Crippen LogP contribution in [-0.2, 0) is 9.53 Å². The van der Waals surface area contributed by atoms with Gasteiger partial charge in [0.05, 0.1) is 37.8 Å². The van der Waals surface area contributed by atoms with Crippen LogP contribution in [-0.4, -0.2) is 45.4 Å². The van der Waals surface area contributed by atoms with Gasteiger partial charge in [-0.1, -0.05) is 23.7 Å². The Hall–Kier alpha value is -2.44. The highest BCUT2D eigenvalue weighted by Crippen LogP contribution is 2.30. The maximum absolute atomic E-state index is 12.5. The minimum absolute atomic E-state index is 0.0662. The first-order valence-electron chi connectivity index (χ1n) is 9.94. The van der Waals surface area contributed by atoms with E-state index in [9.17, 15) is 4.79 Å². The minimum Gasteiger partial charge on any atom is -0.490 e. The highest BCUT2D eigenvalue weighted by Gasteiger charge is 2.16. The van der Waals surface area contributed by atoms with Crippen LogP contribution in [0.1, 0.15) is 19.8 Å². The predicted molar refractivity (Wildman–Crippen MR) is 115 cm³/mol. The van der Waals surface area contributed by atoms with Crippen molar-refractivity contribution in [2.75, 3.05) is 49.7 Å². The smallest absolute Gasteiger partial charge is 0.224 e. The molecular weight excluding hydrogens is 392 g/mol. The maximum Gasteiger partial charge on any atom is 0.224 e. The van der Waals surface area contributed by atoms with Crippen LogP contribution in [0.5, 0.6) is 11.5 Å². The molecule has 1 N–H and O–H groups in total. The molecule has 1 aliphatic heterocycles. The second-order valence-electron chi connectivity index (χ2n) is 6.64. The van der Waals surface area contributed by atoms with E-state index in [4.69, 9.17) is 25.8 Å². The van der Waals surface area contributed by atoms with Crippen molar-refractivity contribution in [3.63, 3.8) is 0 Å². The van der Waals surface area contributed by atoms with Gasteiger partial charge in [0.1, 0.15) is 0 Å². The fourth-order valence-electron chi connectivity index (χ4n) is 3.16. The van der Waals surface area contributed by atoms with Crippen molar-refractivity contribution in [1.29, 1.82) is 0 Å². The van der Waals surface area contributed by atoms with Crippen molar-refractivity contribution in [2.45, 2.75) is 19.8 Å². The van der Waals surface area contributed by atoms with Gasteiger partial charge in [0.25, 0.3) is 0 Å². The molecule has 0 spiro atoms. The van der Waals surface area contributed by atoms with E-state index >= 15 is 0 Å². The molecular formula is C22H27ClN2O4. The zero-order valence-corrected chi connectivity index (χ0v) is 17.4. The summed E-state index contributed by atoms with van der Waals surface area (Å²) in [6, 6.07) is 13.1. The van der Waals surface area contributed by atoms with Crippen LogP contribution in [0.15, 0.2) is 42.5 Å². The van der Waals surface area contributed by atoms with Gasteiger partial charge in [-0.15, -0.1) is 0 Å². The van der Waals surface area contributed by atoms with E-state index in [1.165, 1.54) is 0 Å². The highest BCUT2D eigenvalue weighted by molar-refractivity contribution is 6.31. The van der Waals surface area contributed by atoms with Crippen LogP contribution < -0.4 is 19.7 Å². The van der Waals surface area contributed by atoms with Crippen molar-refractivity contribution in [3.8, 4) is 11.5 Å². The lowest BCUT2D eigenvalue weighted by Crippen LogP contribution is -2.36. The van der Waals surface area contributed by atoms with Gasteiger partial charge in [-0.05, 0) is 43.7 Å². The third-order valence-electron chi connectivity index (χ3n) is 4.54. The lowest BCUT2D eigenvalue weighted by Gasteiger charge is -2.30. The van der Waals surface area contributed by atoms with Gasteiger partial charge < -0.3 is 24.4 Å². The van der Waals surface area contributed by atoms with Gasteiger partial charge in [0.2, 0.25) is 5.91 Å². The summed E-state index contributed by atoms with van der Waals surface area (Å²) in [5.41, 5.74) is 1.69. The van der Waals surface area contributed by atoms with Crippen molar-refractivity contribution in [2.24, 2.45) is 0 Å². The molecule has 156 valence electrons. The summed E-state index contributed by atoms with van der Waals surface area (Å²) < 4.78 is 16.7. The van der Waals surface area contributed by atoms with Crippen molar-refractivity contribution < 1.29 is 19.0 Å². The Morgan fingerprint density at radius 1 is 1.14 bits per heavy atom. The Bertz CT molecular complexity index is 809. The van der Waals surface area contributed by atoms with Crippen LogP contribution in [0.25, 0.3) is 0 Å². The number of amides is 1. The molecule has 1 heterocycles. The largest absolute Gasteiger partial charge is 0.490 e. The number of halogens is 1. The summed E-state index contributed by atoms with van der Waals surface area (Å²) in [5.74, 6) is 1.34. The zero-order chi connectivity index (χ0) is 20.5. The van der Waals surface area contributed by atoms with Crippen LogP contribution in [0, 0.1) is 0 Å². The monoisotopic (exact) mass is 418 g/mol. The molecule has 3 rings (SSSR count). The SMILES string of the molecule is CCOc1ccccc1OCCCC(=O)Nc1cc(Cl)ccc1N1CCOCC1. The molecule has 0 unspecified atom stereocenters. The summed E-state index contributed by atoms with van der Waals surface area (Å²) in [4.78, 5) is 14.7. The number of carbonyl (C=O) groups excluding carboxylic acids is 1. The molecule has 0 saturated carbocycles. The summed E-state index contributed by atoms with van der Waals surface area (Å²) in [7, 11) is 0. The average molecular weight is 419 g/mol. The maximum atomic E-state index is 12.5. The third-order valence-corrected chi connectivity index (χ3v) is 4.77. The highest BCUT2D eigenvalue weighted by atomic mass is 35.5. The van der Waals surface area contributed by atoms with E-state index in [2.05, 4.69) is 10.2 Å². The number of rotatable bonds is 9. The minimum atomic E-state index is -0.0662. The number of para-hydroxylation sites is 2. The molecule has 0 aliphatic carbocycles. The average Bonchev–Trinajstić information content (AvgIpc) is 2.73. The summed E-state index contributed by atoms with van der Waals surface area (Å²) in [6.07, 6.45) is 0.950. The summed E-state index contributed by atoms with van der Waals surface area (Å²) >= 11 is 6.15. The van der Waals surface area contributed by atoms with E-state index in [0.29, 0.717) is 55.8 Å². The van der Waals surface area contributed by atoms with E-state index < -0.39 is 0 Å². The topological polar surface area (TPSA) is 60.0 Å². The van der Waals surface area contributed by atoms with Gasteiger partial charge in [0.15, 0.2) is 11.5 Å². The normalized spacial score (nSPS) is 13.8. The standard InChI is InChI=1S/C22H27ClN2O4/c1-2-28-20-6-3-4-7-21(20)29-13-5-8-22(26)24-18-16-17(23)9-10-19(18)25-11-14-27-15-12-25/h3-4,6-7,9-10,16H,2,5,8,11-15H2,1H3,(H,24,26). The third kappa shape index (κ3) is 6.27. The van der Waals surface area contributed by atoms with E-state index in [-0.39, 0.29) is 5.91 Å². The van der Waals surface area contributed by atoms with Gasteiger partial charge in [-0.25, -0.2) is 0 Å². The number of hydrogen-bond acceptors (Lipinski definition) is 5. The first kappa shape index (κ1) is 21.3. The van der Waals surface area contributed by atoms with Crippen LogP contribution in [0.4, 0.5) is 11.4 Å². The number of ether oxygens (including phenoxy) is 3. The van der Waals surface area contributed by atoms with Crippen LogP contribution >= 0.6 is 11.6 Å². The number of morpholine rings is 1. The van der Waals surface area contributed by atoms with Gasteiger partial charge >= 0.3 is 0 Å². The van der Waals surface area contributed by atoms with Crippen molar-refractivity contribution in [3.05, 3.63) is 47.5 Å². The molecule has 1 saturated heterocycles. The lowest BCUT2D eigenvalue weighted by atomic mass is 10.2. The molecule has 0 atom stereocenters. The van der Waals surface area contributed by atoms with E-state index in [1.54, 1.807) is 6.07 Å². The summed E-state index contributed by atoms with van der Waals surface area (Å²) in [6.45, 7) is 5.88. The Labute approximate surface area is 176 Å². The van der Waals surface area contributed by atoms with Gasteiger partial charge in [0, 0.05) is 24.5 Å². The second-order valence-corrected chi connectivity index (χ2v) is 7.08. The Balaban J connectivity index is 1.51. The van der Waals surface area contributed by atoms with Gasteiger partial charge in [-0.3, -0.25) is 4.79 Å². The fraction of sp³-hybridized carbons (Fsp3) is 0.409. The number of benzene rings is 2. The Morgan fingerprint density at radius 2 is 1.86 bits per heavy atom. The number of carbonyl (C=O) groups is 1. The quantitative estimate of drug-likeness (QED) is 0.612. The molecule has 2 aromatic rings. The number of hydrogen-bond donors (Lipinski definition) is 1. The molecule has 29 heavy (non-hydrogen) atoms. The van der Waals surface area contributed by atoms with E-state index in [0.717, 1.165) is 24.5 Å². The molecule has 0 aromatic heterocycles. The fourth-order valence-corrected chi connectivity index (χ4v) is 3.33. The predicted octanol–water partition coefficient (Wildman–Crippen LogP) is 4.37. The molecule has 0 radical (unpaired) electrons. The number of anilines is 2. The first-order chi connectivity index (χ1) is 14.2. The van der Waals surface area contributed by atoms with Crippen molar-refractivity contribution in [1.82, 2.24) is 0 Å². The number of nitrogens with one attached hydrogen (secondary N) is 1.